The summed E-state index contributed by atoms with van der Waals surface area (Å²) in [5.74, 6) is -0.0950. The minimum absolute atomic E-state index is 0.0580. The van der Waals surface area contributed by atoms with Crippen LogP contribution in [0.4, 0.5) is 15.3 Å². The molecule has 2 aromatic rings. The standard InChI is InChI=1S/C12H13N5O3S2/c1-2-3-4-9(18)14-12-16-15-11(22-12)13-7-8-5-6-10(21-8)17(19)20/h5-7H,2-4H2,1H3,(H,14,16,18). The number of hydrogen-bond donors (Lipinski definition) is 1. The number of anilines is 1. The summed E-state index contributed by atoms with van der Waals surface area (Å²) >= 11 is 2.17. The third-order valence-electron chi connectivity index (χ3n) is 2.51. The van der Waals surface area contributed by atoms with Gasteiger partial charge in [-0.2, -0.15) is 0 Å². The zero-order chi connectivity index (χ0) is 15.9. The summed E-state index contributed by atoms with van der Waals surface area (Å²) < 4.78 is 0. The van der Waals surface area contributed by atoms with Gasteiger partial charge in [0.2, 0.25) is 16.2 Å². The van der Waals surface area contributed by atoms with Crippen molar-refractivity contribution < 1.29 is 9.72 Å². The molecule has 0 fully saturated rings. The number of carbonyl (C=O) groups is 1. The van der Waals surface area contributed by atoms with E-state index >= 15 is 0 Å². The van der Waals surface area contributed by atoms with Gasteiger partial charge in [-0.3, -0.25) is 14.9 Å². The van der Waals surface area contributed by atoms with Gasteiger partial charge in [-0.25, -0.2) is 4.99 Å². The zero-order valence-corrected chi connectivity index (χ0v) is 13.3. The first-order valence-corrected chi connectivity index (χ1v) is 8.13. The maximum Gasteiger partial charge on any atom is 0.324 e. The zero-order valence-electron chi connectivity index (χ0n) is 11.7. The number of aromatic nitrogens is 2. The van der Waals surface area contributed by atoms with E-state index in [0.29, 0.717) is 21.6 Å². The maximum absolute atomic E-state index is 11.6. The van der Waals surface area contributed by atoms with Gasteiger partial charge in [0.05, 0.1) is 9.80 Å². The number of thiophene rings is 1. The molecule has 1 N–H and O–H groups in total. The normalized spacial score (nSPS) is 11.0. The second kappa shape index (κ2) is 7.71. The second-order valence-electron chi connectivity index (χ2n) is 4.23. The van der Waals surface area contributed by atoms with E-state index in [4.69, 9.17) is 0 Å². The molecule has 1 amide bonds. The summed E-state index contributed by atoms with van der Waals surface area (Å²) in [5.41, 5.74) is 0. The van der Waals surface area contributed by atoms with Crippen LogP contribution in [0.1, 0.15) is 31.1 Å². The Morgan fingerprint density at radius 2 is 2.27 bits per heavy atom. The number of aliphatic imine (C=N–C) groups is 1. The lowest BCUT2D eigenvalue weighted by Gasteiger charge is -1.98. The molecule has 2 rings (SSSR count). The van der Waals surface area contributed by atoms with E-state index in [-0.39, 0.29) is 10.9 Å². The van der Waals surface area contributed by atoms with Crippen molar-refractivity contribution in [2.75, 3.05) is 5.32 Å². The third kappa shape index (κ3) is 4.67. The molecule has 8 nitrogen and oxygen atoms in total. The molecule has 2 aromatic heterocycles. The topological polar surface area (TPSA) is 110 Å². The fourth-order valence-corrected chi connectivity index (χ4v) is 2.77. The summed E-state index contributed by atoms with van der Waals surface area (Å²) in [6, 6.07) is 3.03. The molecule has 0 aliphatic carbocycles. The van der Waals surface area contributed by atoms with Gasteiger partial charge in [0.1, 0.15) is 0 Å². The Kier molecular flexibility index (Phi) is 5.67. The van der Waals surface area contributed by atoms with Crippen molar-refractivity contribution >= 4 is 50.1 Å². The molecule has 0 atom stereocenters. The summed E-state index contributed by atoms with van der Waals surface area (Å²) in [5, 5.41) is 21.7. The molecular weight excluding hydrogens is 326 g/mol. The van der Waals surface area contributed by atoms with Gasteiger partial charge in [-0.05, 0) is 12.5 Å². The van der Waals surface area contributed by atoms with Crippen molar-refractivity contribution in [2.45, 2.75) is 26.2 Å². The molecule has 0 saturated carbocycles. The van der Waals surface area contributed by atoms with Crippen LogP contribution >= 0.6 is 22.7 Å². The molecule has 0 unspecified atom stereocenters. The Balaban J connectivity index is 1.94. The highest BCUT2D eigenvalue weighted by Gasteiger charge is 2.09. The van der Waals surface area contributed by atoms with Gasteiger partial charge >= 0.3 is 5.00 Å². The first-order valence-electron chi connectivity index (χ1n) is 6.50. The van der Waals surface area contributed by atoms with Crippen LogP contribution in [0, 0.1) is 10.1 Å². The molecule has 116 valence electrons. The summed E-state index contributed by atoms with van der Waals surface area (Å²) in [6.45, 7) is 2.01. The van der Waals surface area contributed by atoms with Crippen LogP contribution in [-0.4, -0.2) is 27.2 Å². The van der Waals surface area contributed by atoms with Crippen LogP contribution < -0.4 is 5.32 Å². The van der Waals surface area contributed by atoms with Gasteiger partial charge in [-0.15, -0.1) is 10.2 Å². The van der Waals surface area contributed by atoms with E-state index in [1.54, 1.807) is 6.07 Å². The van der Waals surface area contributed by atoms with Crippen LogP contribution in [-0.2, 0) is 4.79 Å². The lowest BCUT2D eigenvalue weighted by molar-refractivity contribution is -0.380. The van der Waals surface area contributed by atoms with Gasteiger partial charge in [-0.1, -0.05) is 36.0 Å². The SMILES string of the molecule is CCCCC(=O)Nc1nnc(N=Cc2ccc([N+](=O)[O-])s2)s1. The van der Waals surface area contributed by atoms with Gasteiger partial charge in [0, 0.05) is 18.7 Å². The number of nitro groups is 1. The average molecular weight is 339 g/mol. The minimum atomic E-state index is -0.448. The molecule has 0 radical (unpaired) electrons. The first kappa shape index (κ1) is 16.2. The first-order chi connectivity index (χ1) is 10.6. The molecule has 0 saturated heterocycles. The van der Waals surface area contributed by atoms with Gasteiger partial charge < -0.3 is 5.32 Å². The number of nitrogens with zero attached hydrogens (tertiary/aromatic N) is 4. The van der Waals surface area contributed by atoms with Crippen molar-refractivity contribution in [1.82, 2.24) is 10.2 Å². The van der Waals surface area contributed by atoms with Crippen LogP contribution in [0.15, 0.2) is 17.1 Å². The Morgan fingerprint density at radius 3 is 2.95 bits per heavy atom. The molecule has 0 aliphatic rings. The fourth-order valence-electron chi connectivity index (χ4n) is 1.47. The third-order valence-corrected chi connectivity index (χ3v) is 4.23. The molecule has 0 aliphatic heterocycles. The van der Waals surface area contributed by atoms with E-state index < -0.39 is 4.92 Å². The Labute approximate surface area is 134 Å². The number of carbonyl (C=O) groups excluding carboxylic acids is 1. The summed E-state index contributed by atoms with van der Waals surface area (Å²) in [7, 11) is 0. The number of nitrogens with one attached hydrogen (secondary N) is 1. The quantitative estimate of drug-likeness (QED) is 0.472. The molecule has 0 spiro atoms. The smallest absolute Gasteiger partial charge is 0.300 e. The van der Waals surface area contributed by atoms with Crippen molar-refractivity contribution in [2.24, 2.45) is 4.99 Å². The van der Waals surface area contributed by atoms with Crippen molar-refractivity contribution in [3.8, 4) is 0 Å². The Morgan fingerprint density at radius 1 is 1.45 bits per heavy atom. The largest absolute Gasteiger partial charge is 0.324 e. The Hall–Kier alpha value is -2.20. The lowest BCUT2D eigenvalue weighted by atomic mass is 10.2. The van der Waals surface area contributed by atoms with Crippen molar-refractivity contribution in [1.29, 1.82) is 0 Å². The number of amides is 1. The van der Waals surface area contributed by atoms with Crippen LogP contribution in [0.3, 0.4) is 0 Å². The maximum atomic E-state index is 11.6. The van der Waals surface area contributed by atoms with Gasteiger partial charge in [0.25, 0.3) is 0 Å². The van der Waals surface area contributed by atoms with Gasteiger partial charge in [0.15, 0.2) is 0 Å². The summed E-state index contributed by atoms with van der Waals surface area (Å²) in [4.78, 5) is 26.4. The average Bonchev–Trinajstić information content (AvgIpc) is 3.12. The molecule has 10 heteroatoms. The fraction of sp³-hybridized carbons (Fsp3) is 0.333. The van der Waals surface area contributed by atoms with E-state index in [1.807, 2.05) is 6.92 Å². The lowest BCUT2D eigenvalue weighted by Crippen LogP contribution is -2.10. The van der Waals surface area contributed by atoms with Crippen molar-refractivity contribution in [3.63, 3.8) is 0 Å². The summed E-state index contributed by atoms with van der Waals surface area (Å²) in [6.07, 6.45) is 3.72. The predicted molar refractivity (Wildman–Crippen MR) is 86.3 cm³/mol. The second-order valence-corrected chi connectivity index (χ2v) is 6.28. The van der Waals surface area contributed by atoms with E-state index in [1.165, 1.54) is 12.3 Å². The molecule has 22 heavy (non-hydrogen) atoms. The highest BCUT2D eigenvalue weighted by Crippen LogP contribution is 2.25. The van der Waals surface area contributed by atoms with E-state index in [0.717, 1.165) is 35.5 Å². The predicted octanol–water partition coefficient (Wildman–Crippen LogP) is 3.39. The minimum Gasteiger partial charge on any atom is -0.300 e. The molecule has 0 aromatic carbocycles. The molecule has 2 heterocycles. The Bertz CT molecular complexity index is 695. The van der Waals surface area contributed by atoms with E-state index in [9.17, 15) is 14.9 Å². The highest BCUT2D eigenvalue weighted by atomic mass is 32.1. The van der Waals surface area contributed by atoms with E-state index in [2.05, 4.69) is 20.5 Å². The highest BCUT2D eigenvalue weighted by molar-refractivity contribution is 7.19. The van der Waals surface area contributed by atoms with Crippen LogP contribution in [0.2, 0.25) is 0 Å². The molecule has 0 bridgehead atoms. The number of rotatable bonds is 7. The number of hydrogen-bond acceptors (Lipinski definition) is 8. The molecular formula is C12H13N5O3S2. The van der Waals surface area contributed by atoms with Crippen molar-refractivity contribution in [3.05, 3.63) is 27.1 Å². The number of unbranched alkanes of at least 4 members (excludes halogenated alkanes) is 1. The monoisotopic (exact) mass is 339 g/mol. The van der Waals surface area contributed by atoms with Crippen LogP contribution in [0.5, 0.6) is 0 Å². The van der Waals surface area contributed by atoms with Crippen LogP contribution in [0.25, 0.3) is 0 Å².